The quantitative estimate of drug-likeness (QED) is 0.655. The Kier molecular flexibility index (Phi) is 5.80. The van der Waals surface area contributed by atoms with Crippen LogP contribution in [0.3, 0.4) is 0 Å². The fourth-order valence-electron chi connectivity index (χ4n) is 2.19. The van der Waals surface area contributed by atoms with E-state index < -0.39 is 0 Å². The van der Waals surface area contributed by atoms with Gasteiger partial charge in [-0.1, -0.05) is 35.9 Å². The van der Waals surface area contributed by atoms with E-state index in [4.69, 9.17) is 4.74 Å². The van der Waals surface area contributed by atoms with E-state index in [0.29, 0.717) is 6.54 Å². The van der Waals surface area contributed by atoms with E-state index in [1.807, 2.05) is 67.4 Å². The predicted molar refractivity (Wildman–Crippen MR) is 94.4 cm³/mol. The number of methoxy groups -OCH3 is 1. The molecule has 2 rings (SSSR count). The maximum absolute atomic E-state index is 12.1. The number of anilines is 1. The molecule has 0 fully saturated rings. The summed E-state index contributed by atoms with van der Waals surface area (Å²) in [5, 5.41) is 1.81. The minimum absolute atomic E-state index is 0.182. The van der Waals surface area contributed by atoms with Crippen LogP contribution in [-0.2, 0) is 4.79 Å². The molecule has 0 aliphatic rings. The zero-order valence-corrected chi connectivity index (χ0v) is 13.7. The first-order chi connectivity index (χ1) is 11.1. The molecular formula is C19H22N2O2. The Morgan fingerprint density at radius 2 is 1.87 bits per heavy atom. The number of ether oxygens (including phenoxy) is 1. The van der Waals surface area contributed by atoms with Crippen molar-refractivity contribution in [1.29, 1.82) is 0 Å². The van der Waals surface area contributed by atoms with Crippen LogP contribution in [0, 0.1) is 6.92 Å². The molecule has 1 amide bonds. The van der Waals surface area contributed by atoms with Gasteiger partial charge in [0.05, 0.1) is 12.8 Å². The smallest absolute Gasteiger partial charge is 0.262 e. The van der Waals surface area contributed by atoms with E-state index in [1.165, 1.54) is 11.6 Å². The highest BCUT2D eigenvalue weighted by atomic mass is 16.5. The van der Waals surface area contributed by atoms with Crippen LogP contribution >= 0.6 is 0 Å². The third kappa shape index (κ3) is 4.61. The van der Waals surface area contributed by atoms with Crippen LogP contribution < -0.4 is 15.2 Å². The lowest BCUT2D eigenvalue weighted by molar-refractivity contribution is -0.116. The van der Waals surface area contributed by atoms with Gasteiger partial charge in [-0.15, -0.1) is 0 Å². The molecule has 4 heteroatoms. The molecule has 0 saturated heterocycles. The number of rotatable bonds is 6. The predicted octanol–water partition coefficient (Wildman–Crippen LogP) is 3.57. The van der Waals surface area contributed by atoms with Crippen LogP contribution in [0.25, 0.3) is 6.08 Å². The zero-order chi connectivity index (χ0) is 16.7. The second kappa shape index (κ2) is 8.03. The Hall–Kier alpha value is -2.75. The Bertz CT molecular complexity index is 678. The van der Waals surface area contributed by atoms with Crippen LogP contribution in [0.1, 0.15) is 18.1 Å². The molecule has 4 nitrogen and oxygen atoms in total. The number of amides is 1. The average molecular weight is 310 g/mol. The molecule has 0 aliphatic heterocycles. The summed E-state index contributed by atoms with van der Waals surface area (Å²) in [5.74, 6) is 0.556. The minimum Gasteiger partial charge on any atom is -0.496 e. The topological polar surface area (TPSA) is 41.6 Å². The van der Waals surface area contributed by atoms with Crippen molar-refractivity contribution in [2.24, 2.45) is 0 Å². The monoisotopic (exact) mass is 310 g/mol. The molecule has 0 aliphatic carbocycles. The summed E-state index contributed by atoms with van der Waals surface area (Å²) in [6.07, 6.45) is 3.26. The van der Waals surface area contributed by atoms with Crippen LogP contribution in [0.2, 0.25) is 0 Å². The summed E-state index contributed by atoms with van der Waals surface area (Å²) in [4.78, 5) is 12.1. The first kappa shape index (κ1) is 16.6. The van der Waals surface area contributed by atoms with Crippen molar-refractivity contribution in [2.75, 3.05) is 18.7 Å². The first-order valence-electron chi connectivity index (χ1n) is 7.60. The molecule has 0 radical (unpaired) electrons. The third-order valence-electron chi connectivity index (χ3n) is 3.46. The van der Waals surface area contributed by atoms with Gasteiger partial charge >= 0.3 is 0 Å². The lowest BCUT2D eigenvalue weighted by Gasteiger charge is -2.23. The van der Waals surface area contributed by atoms with E-state index in [0.717, 1.165) is 17.0 Å². The Balaban J connectivity index is 2.05. The van der Waals surface area contributed by atoms with Gasteiger partial charge in [0.1, 0.15) is 5.75 Å². The number of carbonyl (C=O) groups is 1. The Labute approximate surface area is 137 Å². The highest BCUT2D eigenvalue weighted by Gasteiger charge is 2.06. The minimum atomic E-state index is -0.182. The van der Waals surface area contributed by atoms with Crippen LogP contribution in [0.4, 0.5) is 5.69 Å². The van der Waals surface area contributed by atoms with Gasteiger partial charge < -0.3 is 4.74 Å². The molecule has 0 spiro atoms. The van der Waals surface area contributed by atoms with Gasteiger partial charge in [-0.25, -0.2) is 0 Å². The lowest BCUT2D eigenvalue weighted by Crippen LogP contribution is -2.41. The number of nitrogens with one attached hydrogen (secondary N) is 1. The lowest BCUT2D eigenvalue weighted by atomic mass is 10.2. The van der Waals surface area contributed by atoms with Crippen LogP contribution in [0.5, 0.6) is 5.75 Å². The fourth-order valence-corrected chi connectivity index (χ4v) is 2.19. The normalized spacial score (nSPS) is 10.6. The van der Waals surface area contributed by atoms with Gasteiger partial charge in [0.25, 0.3) is 5.91 Å². The van der Waals surface area contributed by atoms with Crippen molar-refractivity contribution in [1.82, 2.24) is 5.43 Å². The van der Waals surface area contributed by atoms with Crippen LogP contribution in [-0.4, -0.2) is 19.6 Å². The van der Waals surface area contributed by atoms with E-state index in [9.17, 15) is 4.79 Å². The molecule has 2 aromatic rings. The maximum Gasteiger partial charge on any atom is 0.262 e. The van der Waals surface area contributed by atoms with Gasteiger partial charge in [0.2, 0.25) is 0 Å². The molecule has 0 heterocycles. The van der Waals surface area contributed by atoms with Crippen molar-refractivity contribution in [3.05, 3.63) is 65.7 Å². The van der Waals surface area contributed by atoms with E-state index in [1.54, 1.807) is 13.2 Å². The van der Waals surface area contributed by atoms with Gasteiger partial charge in [0.15, 0.2) is 0 Å². The zero-order valence-electron chi connectivity index (χ0n) is 13.7. The Morgan fingerprint density at radius 3 is 2.52 bits per heavy atom. The number of hydrazine groups is 1. The summed E-state index contributed by atoms with van der Waals surface area (Å²) in [6.45, 7) is 4.70. The molecule has 1 N–H and O–H groups in total. The molecule has 0 unspecified atom stereocenters. The van der Waals surface area contributed by atoms with Gasteiger partial charge in [-0.2, -0.15) is 0 Å². The third-order valence-corrected chi connectivity index (χ3v) is 3.46. The molecule has 0 aromatic heterocycles. The van der Waals surface area contributed by atoms with Crippen molar-refractivity contribution in [3.63, 3.8) is 0 Å². The van der Waals surface area contributed by atoms with E-state index in [2.05, 4.69) is 5.43 Å². The van der Waals surface area contributed by atoms with Gasteiger partial charge in [0, 0.05) is 18.2 Å². The van der Waals surface area contributed by atoms with Crippen LogP contribution in [0.15, 0.2) is 54.6 Å². The summed E-state index contributed by atoms with van der Waals surface area (Å²) in [5.41, 5.74) is 5.88. The highest BCUT2D eigenvalue weighted by Crippen LogP contribution is 2.18. The number of benzene rings is 2. The second-order valence-corrected chi connectivity index (χ2v) is 5.13. The number of para-hydroxylation sites is 1. The fraction of sp³-hybridized carbons (Fsp3) is 0.211. The molecule has 23 heavy (non-hydrogen) atoms. The standard InChI is InChI=1S/C19H22N2O2/c1-4-21(17-12-9-15(2)10-13-17)20-19(22)14-11-16-7-5-6-8-18(16)23-3/h5-14H,4H2,1-3H3,(H,20,22)/b14-11+. The van der Waals surface area contributed by atoms with E-state index in [-0.39, 0.29) is 5.91 Å². The first-order valence-corrected chi connectivity index (χ1v) is 7.60. The largest absolute Gasteiger partial charge is 0.496 e. The summed E-state index contributed by atoms with van der Waals surface area (Å²) < 4.78 is 5.27. The number of aryl methyl sites for hydroxylation is 1. The van der Waals surface area contributed by atoms with Crippen molar-refractivity contribution < 1.29 is 9.53 Å². The number of carbonyl (C=O) groups excluding carboxylic acids is 1. The van der Waals surface area contributed by atoms with E-state index >= 15 is 0 Å². The number of hydrogen-bond acceptors (Lipinski definition) is 3. The van der Waals surface area contributed by atoms with Gasteiger partial charge in [-0.05, 0) is 38.1 Å². The highest BCUT2D eigenvalue weighted by molar-refractivity contribution is 5.93. The average Bonchev–Trinajstić information content (AvgIpc) is 2.59. The molecule has 0 bridgehead atoms. The number of hydrogen-bond donors (Lipinski definition) is 1. The summed E-state index contributed by atoms with van der Waals surface area (Å²) in [7, 11) is 1.61. The van der Waals surface area contributed by atoms with Gasteiger partial charge in [-0.3, -0.25) is 15.2 Å². The molecular weight excluding hydrogens is 288 g/mol. The summed E-state index contributed by atoms with van der Waals surface area (Å²) >= 11 is 0. The number of nitrogens with zero attached hydrogens (tertiary/aromatic N) is 1. The van der Waals surface area contributed by atoms with Crippen molar-refractivity contribution in [3.8, 4) is 5.75 Å². The Morgan fingerprint density at radius 1 is 1.17 bits per heavy atom. The maximum atomic E-state index is 12.1. The summed E-state index contributed by atoms with van der Waals surface area (Å²) in [6, 6.07) is 15.6. The molecule has 0 saturated carbocycles. The van der Waals surface area contributed by atoms with Crippen molar-refractivity contribution in [2.45, 2.75) is 13.8 Å². The SMILES string of the molecule is CCN(NC(=O)/C=C/c1ccccc1OC)c1ccc(C)cc1. The molecule has 0 atom stereocenters. The second-order valence-electron chi connectivity index (χ2n) is 5.13. The molecule has 120 valence electrons. The van der Waals surface area contributed by atoms with Crippen molar-refractivity contribution >= 4 is 17.7 Å². The molecule has 2 aromatic carbocycles.